The third kappa shape index (κ3) is 5.76. The molecule has 0 aliphatic heterocycles. The van der Waals surface area contributed by atoms with Gasteiger partial charge in [0, 0.05) is 29.7 Å². The molecule has 0 radical (unpaired) electrons. The predicted octanol–water partition coefficient (Wildman–Crippen LogP) is 1.71. The van der Waals surface area contributed by atoms with Crippen molar-refractivity contribution in [3.63, 3.8) is 0 Å². The number of aliphatic hydroxyl groups is 2. The number of benzene rings is 2. The van der Waals surface area contributed by atoms with E-state index in [4.69, 9.17) is 16.9 Å². The number of nitrogens with one attached hydrogen (secondary N) is 1. The van der Waals surface area contributed by atoms with Gasteiger partial charge >= 0.3 is 0 Å². The van der Waals surface area contributed by atoms with Crippen LogP contribution in [0.25, 0.3) is 0 Å². The standard InChI is InChI=1S/C20H19ClN4O6/c1-12-2-7-15(10-16(12)25(30)31)24(9-8-21)20(29)18(27)17(26)19(28)23-14-5-3-13(11-22)4-6-14/h2-7,10,17-18,26-27H,8-9H2,1H3,(H,23,28)/t17-,18-/m1/s1. The molecule has 2 aromatic carbocycles. The second-order valence-corrected chi connectivity index (χ2v) is 6.85. The van der Waals surface area contributed by atoms with Crippen LogP contribution in [0.4, 0.5) is 17.1 Å². The van der Waals surface area contributed by atoms with Gasteiger partial charge < -0.3 is 20.4 Å². The third-order valence-electron chi connectivity index (χ3n) is 4.38. The maximum atomic E-state index is 12.8. The first-order chi connectivity index (χ1) is 14.7. The number of alkyl halides is 1. The first kappa shape index (κ1) is 23.8. The van der Waals surface area contributed by atoms with Gasteiger partial charge in [-0.1, -0.05) is 6.07 Å². The van der Waals surface area contributed by atoms with Crippen molar-refractivity contribution < 1.29 is 24.7 Å². The summed E-state index contributed by atoms with van der Waals surface area (Å²) in [6.07, 6.45) is -4.27. The average molecular weight is 447 g/mol. The molecule has 31 heavy (non-hydrogen) atoms. The molecule has 10 nitrogen and oxygen atoms in total. The van der Waals surface area contributed by atoms with E-state index in [-0.39, 0.29) is 29.5 Å². The van der Waals surface area contributed by atoms with E-state index in [9.17, 15) is 29.9 Å². The Labute approximate surface area is 182 Å². The van der Waals surface area contributed by atoms with E-state index in [0.717, 1.165) is 11.0 Å². The lowest BCUT2D eigenvalue weighted by Crippen LogP contribution is -2.50. The number of nitrogens with zero attached hydrogens (tertiary/aromatic N) is 3. The maximum Gasteiger partial charge on any atom is 0.274 e. The molecule has 0 spiro atoms. The molecule has 0 fully saturated rings. The molecule has 0 aliphatic rings. The Morgan fingerprint density at radius 3 is 2.42 bits per heavy atom. The Balaban J connectivity index is 2.20. The Kier molecular flexibility index (Phi) is 8.04. The van der Waals surface area contributed by atoms with Crippen molar-refractivity contribution in [2.45, 2.75) is 19.1 Å². The van der Waals surface area contributed by atoms with E-state index in [1.54, 1.807) is 0 Å². The summed E-state index contributed by atoms with van der Waals surface area (Å²) in [5.41, 5.74) is 0.821. The molecule has 0 aromatic heterocycles. The molecule has 0 saturated carbocycles. The summed E-state index contributed by atoms with van der Waals surface area (Å²) in [4.78, 5) is 36.5. The second kappa shape index (κ2) is 10.5. The topological polar surface area (TPSA) is 157 Å². The van der Waals surface area contributed by atoms with Gasteiger partial charge in [0.15, 0.2) is 12.2 Å². The van der Waals surface area contributed by atoms with E-state index >= 15 is 0 Å². The largest absolute Gasteiger partial charge is 0.380 e. The molecular formula is C20H19ClN4O6. The molecule has 2 atom stereocenters. The van der Waals surface area contributed by atoms with Crippen LogP contribution in [0.1, 0.15) is 11.1 Å². The van der Waals surface area contributed by atoms with Gasteiger partial charge in [-0.05, 0) is 37.3 Å². The normalized spacial score (nSPS) is 12.4. The minimum atomic E-state index is -2.15. The number of nitro benzene ring substituents is 1. The molecule has 0 aliphatic carbocycles. The lowest BCUT2D eigenvalue weighted by atomic mass is 10.1. The van der Waals surface area contributed by atoms with Gasteiger partial charge in [-0.15, -0.1) is 11.6 Å². The van der Waals surface area contributed by atoms with Crippen LogP contribution in [0.15, 0.2) is 42.5 Å². The van der Waals surface area contributed by atoms with Crippen molar-refractivity contribution in [2.75, 3.05) is 22.6 Å². The second-order valence-electron chi connectivity index (χ2n) is 6.47. The summed E-state index contributed by atoms with van der Waals surface area (Å²) >= 11 is 5.73. The maximum absolute atomic E-state index is 12.8. The smallest absolute Gasteiger partial charge is 0.274 e. The number of carbonyl (C=O) groups is 2. The van der Waals surface area contributed by atoms with E-state index in [1.807, 2.05) is 6.07 Å². The number of rotatable bonds is 8. The van der Waals surface area contributed by atoms with Crippen molar-refractivity contribution in [3.8, 4) is 6.07 Å². The van der Waals surface area contributed by atoms with E-state index < -0.39 is 28.9 Å². The Hall–Kier alpha value is -3.52. The summed E-state index contributed by atoms with van der Waals surface area (Å²) in [6, 6.07) is 11.6. The number of nitro groups is 1. The zero-order valence-electron chi connectivity index (χ0n) is 16.4. The first-order valence-corrected chi connectivity index (χ1v) is 9.52. The monoisotopic (exact) mass is 446 g/mol. The fourth-order valence-corrected chi connectivity index (χ4v) is 2.86. The van der Waals surface area contributed by atoms with Crippen LogP contribution in [0.2, 0.25) is 0 Å². The molecular weight excluding hydrogens is 428 g/mol. The van der Waals surface area contributed by atoms with Crippen LogP contribution >= 0.6 is 11.6 Å². The van der Waals surface area contributed by atoms with Crippen LogP contribution in [0.3, 0.4) is 0 Å². The van der Waals surface area contributed by atoms with E-state index in [1.165, 1.54) is 43.3 Å². The number of halogens is 1. The zero-order chi connectivity index (χ0) is 23.1. The lowest BCUT2D eigenvalue weighted by molar-refractivity contribution is -0.385. The molecule has 0 unspecified atom stereocenters. The van der Waals surface area contributed by atoms with Crippen LogP contribution in [0.5, 0.6) is 0 Å². The number of aliphatic hydroxyl groups excluding tert-OH is 2. The third-order valence-corrected chi connectivity index (χ3v) is 4.55. The van der Waals surface area contributed by atoms with Gasteiger partial charge in [-0.2, -0.15) is 5.26 Å². The van der Waals surface area contributed by atoms with Gasteiger partial charge in [0.1, 0.15) is 0 Å². The Bertz CT molecular complexity index is 1020. The minimum absolute atomic E-state index is 0.0618. The van der Waals surface area contributed by atoms with Gasteiger partial charge in [0.25, 0.3) is 17.5 Å². The average Bonchev–Trinajstić information content (AvgIpc) is 2.76. The van der Waals surface area contributed by atoms with Gasteiger partial charge in [0.05, 0.1) is 22.2 Å². The number of carbonyl (C=O) groups excluding carboxylic acids is 2. The Morgan fingerprint density at radius 2 is 1.87 bits per heavy atom. The highest BCUT2D eigenvalue weighted by molar-refractivity contribution is 6.18. The number of amides is 2. The highest BCUT2D eigenvalue weighted by Crippen LogP contribution is 2.26. The molecule has 3 N–H and O–H groups in total. The van der Waals surface area contributed by atoms with Crippen LogP contribution in [-0.2, 0) is 9.59 Å². The summed E-state index contributed by atoms with van der Waals surface area (Å²) in [6.45, 7) is 1.41. The lowest BCUT2D eigenvalue weighted by Gasteiger charge is -2.26. The number of hydrogen-bond acceptors (Lipinski definition) is 7. The first-order valence-electron chi connectivity index (χ1n) is 8.99. The number of hydrogen-bond donors (Lipinski definition) is 3. The summed E-state index contributed by atoms with van der Waals surface area (Å²) in [5, 5.41) is 42.8. The Morgan fingerprint density at radius 1 is 1.23 bits per heavy atom. The molecule has 2 amide bonds. The van der Waals surface area contributed by atoms with Crippen molar-refractivity contribution in [1.29, 1.82) is 5.26 Å². The van der Waals surface area contributed by atoms with Crippen molar-refractivity contribution in [3.05, 3.63) is 63.7 Å². The molecule has 11 heteroatoms. The van der Waals surface area contributed by atoms with Crippen molar-refractivity contribution in [2.24, 2.45) is 0 Å². The van der Waals surface area contributed by atoms with Crippen LogP contribution in [-0.4, -0.2) is 51.6 Å². The minimum Gasteiger partial charge on any atom is -0.380 e. The van der Waals surface area contributed by atoms with Gasteiger partial charge in [-0.3, -0.25) is 19.7 Å². The highest BCUT2D eigenvalue weighted by Gasteiger charge is 2.34. The van der Waals surface area contributed by atoms with E-state index in [0.29, 0.717) is 11.1 Å². The van der Waals surface area contributed by atoms with Crippen LogP contribution in [0, 0.1) is 28.4 Å². The van der Waals surface area contributed by atoms with Gasteiger partial charge in [-0.25, -0.2) is 0 Å². The molecule has 2 rings (SSSR count). The number of aryl methyl sites for hydroxylation is 1. The summed E-state index contributed by atoms with van der Waals surface area (Å²) in [7, 11) is 0. The van der Waals surface area contributed by atoms with Crippen molar-refractivity contribution >= 4 is 40.5 Å². The van der Waals surface area contributed by atoms with Crippen molar-refractivity contribution in [1.82, 2.24) is 0 Å². The number of anilines is 2. The molecule has 0 saturated heterocycles. The fourth-order valence-electron chi connectivity index (χ4n) is 2.70. The summed E-state index contributed by atoms with van der Waals surface area (Å²) < 4.78 is 0. The quantitative estimate of drug-likeness (QED) is 0.316. The fraction of sp³-hybridized carbons (Fsp3) is 0.250. The predicted molar refractivity (Wildman–Crippen MR) is 113 cm³/mol. The molecule has 2 aromatic rings. The summed E-state index contributed by atoms with van der Waals surface area (Å²) in [5.74, 6) is -2.17. The van der Waals surface area contributed by atoms with Crippen LogP contribution < -0.4 is 10.2 Å². The highest BCUT2D eigenvalue weighted by atomic mass is 35.5. The molecule has 162 valence electrons. The number of nitriles is 1. The zero-order valence-corrected chi connectivity index (χ0v) is 17.1. The van der Waals surface area contributed by atoms with Gasteiger partial charge in [0.2, 0.25) is 0 Å². The van der Waals surface area contributed by atoms with E-state index in [2.05, 4.69) is 5.32 Å². The SMILES string of the molecule is Cc1ccc(N(CCCl)C(=O)[C@H](O)[C@@H](O)C(=O)Nc2ccc(C#N)cc2)cc1[N+](=O)[O-]. The molecule has 0 heterocycles. The molecule has 0 bridgehead atoms.